The van der Waals surface area contributed by atoms with Gasteiger partial charge in [0, 0.05) is 24.3 Å². The lowest BCUT2D eigenvalue weighted by atomic mass is 9.99. The predicted molar refractivity (Wildman–Crippen MR) is 73.1 cm³/mol. The van der Waals surface area contributed by atoms with E-state index in [1.165, 1.54) is 12.8 Å². The normalized spacial score (nSPS) is 13.9. The number of nitrogens with zero attached hydrogens (tertiary/aromatic N) is 2. The fourth-order valence-electron chi connectivity index (χ4n) is 1.95. The Bertz CT molecular complexity index is 328. The molecule has 0 aliphatic rings. The van der Waals surface area contributed by atoms with Gasteiger partial charge >= 0.3 is 0 Å². The molecule has 3 nitrogen and oxygen atoms in total. The van der Waals surface area contributed by atoms with E-state index in [0.29, 0.717) is 6.04 Å². The zero-order valence-electron chi connectivity index (χ0n) is 12.0. The number of hydrogen-bond acceptors (Lipinski definition) is 2. The summed E-state index contributed by atoms with van der Waals surface area (Å²) in [7, 11) is 0. The van der Waals surface area contributed by atoms with Crippen LogP contribution in [0.5, 0.6) is 0 Å². The molecule has 17 heavy (non-hydrogen) atoms. The summed E-state index contributed by atoms with van der Waals surface area (Å²) < 4.78 is 2.06. The molecule has 0 bridgehead atoms. The predicted octanol–water partition coefficient (Wildman–Crippen LogP) is 3.52. The van der Waals surface area contributed by atoms with Gasteiger partial charge in [-0.2, -0.15) is 5.10 Å². The molecule has 0 aromatic carbocycles. The molecule has 1 N–H and O–H groups in total. The summed E-state index contributed by atoms with van der Waals surface area (Å²) in [5.41, 5.74) is 1.34. The second-order valence-corrected chi connectivity index (χ2v) is 5.53. The van der Waals surface area contributed by atoms with Crippen molar-refractivity contribution in [2.45, 2.75) is 72.0 Å². The molecule has 0 aliphatic carbocycles. The molecule has 0 saturated heterocycles. The van der Waals surface area contributed by atoms with E-state index in [0.717, 1.165) is 18.7 Å². The van der Waals surface area contributed by atoms with Crippen molar-refractivity contribution in [3.05, 3.63) is 18.0 Å². The Morgan fingerprint density at radius 2 is 2.12 bits per heavy atom. The quantitative estimate of drug-likeness (QED) is 0.786. The highest BCUT2D eigenvalue weighted by molar-refractivity contribution is 5.00. The third kappa shape index (κ3) is 4.50. The monoisotopic (exact) mass is 237 g/mol. The summed E-state index contributed by atoms with van der Waals surface area (Å²) >= 11 is 0. The van der Waals surface area contributed by atoms with E-state index >= 15 is 0 Å². The molecule has 0 amide bonds. The van der Waals surface area contributed by atoms with E-state index in [-0.39, 0.29) is 5.54 Å². The SMILES string of the molecule is CCCC(C)(C)NCc1ccn(C(C)CC)n1. The van der Waals surface area contributed by atoms with Crippen LogP contribution in [0.25, 0.3) is 0 Å². The molecule has 1 atom stereocenters. The van der Waals surface area contributed by atoms with Gasteiger partial charge in [-0.1, -0.05) is 20.3 Å². The van der Waals surface area contributed by atoms with Gasteiger partial charge in [0.05, 0.1) is 5.69 Å². The maximum absolute atomic E-state index is 4.60. The van der Waals surface area contributed by atoms with E-state index in [4.69, 9.17) is 0 Å². The first kappa shape index (κ1) is 14.2. The van der Waals surface area contributed by atoms with Crippen molar-refractivity contribution in [3.8, 4) is 0 Å². The van der Waals surface area contributed by atoms with Gasteiger partial charge in [0.1, 0.15) is 0 Å². The van der Waals surface area contributed by atoms with E-state index in [9.17, 15) is 0 Å². The molecule has 0 saturated carbocycles. The minimum Gasteiger partial charge on any atom is -0.306 e. The average Bonchev–Trinajstić information content (AvgIpc) is 2.74. The molecular weight excluding hydrogens is 210 g/mol. The molecule has 1 unspecified atom stereocenters. The van der Waals surface area contributed by atoms with Crippen LogP contribution in [-0.2, 0) is 6.54 Å². The van der Waals surface area contributed by atoms with Gasteiger partial charge in [0.25, 0.3) is 0 Å². The first-order valence-electron chi connectivity index (χ1n) is 6.77. The molecule has 0 aliphatic heterocycles. The Hall–Kier alpha value is -0.830. The highest BCUT2D eigenvalue weighted by Crippen LogP contribution is 2.13. The lowest BCUT2D eigenvalue weighted by Crippen LogP contribution is -2.38. The summed E-state index contributed by atoms with van der Waals surface area (Å²) in [5, 5.41) is 8.17. The first-order valence-corrected chi connectivity index (χ1v) is 6.77. The Kier molecular flexibility index (Phi) is 5.19. The fraction of sp³-hybridized carbons (Fsp3) is 0.786. The van der Waals surface area contributed by atoms with Crippen molar-refractivity contribution >= 4 is 0 Å². The smallest absolute Gasteiger partial charge is 0.0762 e. The number of aromatic nitrogens is 2. The highest BCUT2D eigenvalue weighted by Gasteiger charge is 2.15. The molecule has 1 rings (SSSR count). The maximum atomic E-state index is 4.60. The fourth-order valence-corrected chi connectivity index (χ4v) is 1.95. The van der Waals surface area contributed by atoms with Crippen LogP contribution in [0.4, 0.5) is 0 Å². The van der Waals surface area contributed by atoms with Crippen LogP contribution in [0.2, 0.25) is 0 Å². The van der Waals surface area contributed by atoms with E-state index in [1.807, 2.05) is 0 Å². The van der Waals surface area contributed by atoms with Crippen LogP contribution in [0, 0.1) is 0 Å². The van der Waals surface area contributed by atoms with Crippen molar-refractivity contribution < 1.29 is 0 Å². The van der Waals surface area contributed by atoms with Crippen LogP contribution in [-0.4, -0.2) is 15.3 Å². The second kappa shape index (κ2) is 6.20. The molecule has 1 aromatic heterocycles. The molecule has 0 spiro atoms. The third-order valence-electron chi connectivity index (χ3n) is 3.33. The molecule has 0 radical (unpaired) electrons. The van der Waals surface area contributed by atoms with E-state index in [1.54, 1.807) is 0 Å². The average molecular weight is 237 g/mol. The zero-order chi connectivity index (χ0) is 12.9. The summed E-state index contributed by atoms with van der Waals surface area (Å²) in [6.07, 6.45) is 5.61. The van der Waals surface area contributed by atoms with E-state index in [2.05, 4.69) is 62.0 Å². The van der Waals surface area contributed by atoms with Crippen LogP contribution in [0.3, 0.4) is 0 Å². The Morgan fingerprint density at radius 3 is 2.71 bits per heavy atom. The lowest BCUT2D eigenvalue weighted by molar-refractivity contribution is 0.353. The van der Waals surface area contributed by atoms with Crippen LogP contribution in [0.15, 0.2) is 12.3 Å². The minimum atomic E-state index is 0.203. The number of rotatable bonds is 7. The van der Waals surface area contributed by atoms with Crippen molar-refractivity contribution in [2.75, 3.05) is 0 Å². The van der Waals surface area contributed by atoms with Crippen molar-refractivity contribution in [2.24, 2.45) is 0 Å². The Morgan fingerprint density at radius 1 is 1.41 bits per heavy atom. The maximum Gasteiger partial charge on any atom is 0.0762 e. The van der Waals surface area contributed by atoms with Gasteiger partial charge in [-0.3, -0.25) is 4.68 Å². The third-order valence-corrected chi connectivity index (χ3v) is 3.33. The van der Waals surface area contributed by atoms with Gasteiger partial charge < -0.3 is 5.32 Å². The summed E-state index contributed by atoms with van der Waals surface area (Å²) in [4.78, 5) is 0. The topological polar surface area (TPSA) is 29.9 Å². The summed E-state index contributed by atoms with van der Waals surface area (Å²) in [6.45, 7) is 12.0. The minimum absolute atomic E-state index is 0.203. The van der Waals surface area contributed by atoms with Crippen LogP contribution >= 0.6 is 0 Å². The summed E-state index contributed by atoms with van der Waals surface area (Å²) in [6, 6.07) is 2.61. The van der Waals surface area contributed by atoms with Crippen LogP contribution < -0.4 is 5.32 Å². The molecular formula is C14H27N3. The molecule has 98 valence electrons. The van der Waals surface area contributed by atoms with Crippen LogP contribution in [0.1, 0.15) is 65.6 Å². The molecule has 1 aromatic rings. The van der Waals surface area contributed by atoms with Gasteiger partial charge in [0.15, 0.2) is 0 Å². The number of hydrogen-bond donors (Lipinski definition) is 1. The van der Waals surface area contributed by atoms with Crippen molar-refractivity contribution in [1.29, 1.82) is 0 Å². The van der Waals surface area contributed by atoms with Gasteiger partial charge in [-0.05, 0) is 39.7 Å². The first-order chi connectivity index (χ1) is 7.98. The number of nitrogens with one attached hydrogen (secondary N) is 1. The standard InChI is InChI=1S/C14H27N3/c1-6-9-14(4,5)15-11-13-8-10-17(16-13)12(3)7-2/h8,10,12,15H,6-7,9,11H2,1-5H3. The molecule has 1 heterocycles. The molecule has 3 heteroatoms. The largest absolute Gasteiger partial charge is 0.306 e. The van der Waals surface area contributed by atoms with Gasteiger partial charge in [-0.15, -0.1) is 0 Å². The summed E-state index contributed by atoms with van der Waals surface area (Å²) in [5.74, 6) is 0. The Labute approximate surface area is 106 Å². The second-order valence-electron chi connectivity index (χ2n) is 5.53. The van der Waals surface area contributed by atoms with Gasteiger partial charge in [0.2, 0.25) is 0 Å². The van der Waals surface area contributed by atoms with Crippen molar-refractivity contribution in [1.82, 2.24) is 15.1 Å². The van der Waals surface area contributed by atoms with Crippen molar-refractivity contribution in [3.63, 3.8) is 0 Å². The zero-order valence-corrected chi connectivity index (χ0v) is 12.0. The highest BCUT2D eigenvalue weighted by atomic mass is 15.3. The molecule has 0 fully saturated rings. The lowest BCUT2D eigenvalue weighted by Gasteiger charge is -2.25. The van der Waals surface area contributed by atoms with E-state index < -0.39 is 0 Å². The van der Waals surface area contributed by atoms with Gasteiger partial charge in [-0.25, -0.2) is 0 Å². The Balaban J connectivity index is 2.50.